The number of likely N-dealkylation sites (N-methyl/N-ethyl adjacent to an activating group) is 1. The van der Waals surface area contributed by atoms with Gasteiger partial charge in [0.05, 0.1) is 11.3 Å². The molecule has 1 aliphatic heterocycles. The van der Waals surface area contributed by atoms with Crippen LogP contribution < -0.4 is 10.6 Å². The molecule has 2 aromatic carbocycles. The van der Waals surface area contributed by atoms with Gasteiger partial charge < -0.3 is 31.2 Å². The van der Waals surface area contributed by atoms with E-state index in [1.54, 1.807) is 6.07 Å². The lowest BCUT2D eigenvalue weighted by molar-refractivity contribution is 0.313. The van der Waals surface area contributed by atoms with Gasteiger partial charge in [-0.25, -0.2) is 4.57 Å². The fourth-order valence-electron chi connectivity index (χ4n) is 5.02. The topological polar surface area (TPSA) is 128 Å². The number of anilines is 2. The molecule has 0 unspecified atom stereocenters. The van der Waals surface area contributed by atoms with Gasteiger partial charge in [0.25, 0.3) is 0 Å². The minimum absolute atomic E-state index is 0.0665. The molecule has 2 fully saturated rings. The van der Waals surface area contributed by atoms with Crippen molar-refractivity contribution in [3.8, 4) is 28.8 Å². The van der Waals surface area contributed by atoms with Crippen molar-refractivity contribution in [2.75, 3.05) is 43.9 Å². The van der Waals surface area contributed by atoms with Crippen molar-refractivity contribution in [1.82, 2.24) is 19.7 Å². The lowest BCUT2D eigenvalue weighted by atomic mass is 9.92. The van der Waals surface area contributed by atoms with E-state index in [0.717, 1.165) is 57.5 Å². The van der Waals surface area contributed by atoms with Crippen molar-refractivity contribution >= 4 is 17.1 Å². The Kier molecular flexibility index (Phi) is 5.87. The first-order valence-electron chi connectivity index (χ1n) is 11.8. The summed E-state index contributed by atoms with van der Waals surface area (Å²) in [5.41, 5.74) is 9.81. The summed E-state index contributed by atoms with van der Waals surface area (Å²) in [5, 5.41) is 37.9. The second-order valence-corrected chi connectivity index (χ2v) is 9.32. The molecule has 34 heavy (non-hydrogen) atoms. The predicted molar refractivity (Wildman–Crippen MR) is 133 cm³/mol. The molecule has 9 heteroatoms. The molecule has 5 rings (SSSR count). The summed E-state index contributed by atoms with van der Waals surface area (Å²) in [6.07, 6.45) is 4.19. The van der Waals surface area contributed by atoms with Gasteiger partial charge in [-0.05, 0) is 50.2 Å². The average molecular weight is 462 g/mol. The SMILES string of the molecule is CN1CCN(c2ccc(-n3c(O)nnc3-c3cc(C(=N)C4CCCC4)c(N)cc3O)cc2)CC1. The fraction of sp³-hybridized carbons (Fsp3) is 0.400. The van der Waals surface area contributed by atoms with E-state index < -0.39 is 0 Å². The number of aromatic hydroxyl groups is 2. The van der Waals surface area contributed by atoms with Gasteiger partial charge in [0.1, 0.15) is 5.75 Å². The standard InChI is InChI=1S/C25H31N7O2/c1-30-10-12-31(13-11-30)17-6-8-18(9-7-17)32-24(28-29-25(32)34)20-14-19(21(26)15-22(20)33)23(27)16-4-2-3-5-16/h6-9,14-16,27,33H,2-5,10-13,26H2,1H3,(H,29,34). The summed E-state index contributed by atoms with van der Waals surface area (Å²) >= 11 is 0. The molecular formula is C25H31N7O2. The zero-order valence-electron chi connectivity index (χ0n) is 19.4. The highest BCUT2D eigenvalue weighted by molar-refractivity contribution is 6.05. The summed E-state index contributed by atoms with van der Waals surface area (Å²) in [6.45, 7) is 3.97. The lowest BCUT2D eigenvalue weighted by Gasteiger charge is -2.34. The Balaban J connectivity index is 1.49. The van der Waals surface area contributed by atoms with E-state index >= 15 is 0 Å². The summed E-state index contributed by atoms with van der Waals surface area (Å²) in [6, 6.07) is 10.8. The van der Waals surface area contributed by atoms with Crippen molar-refractivity contribution in [1.29, 1.82) is 5.41 Å². The van der Waals surface area contributed by atoms with Crippen LogP contribution in [0, 0.1) is 11.3 Å². The second kappa shape index (κ2) is 8.98. The summed E-state index contributed by atoms with van der Waals surface area (Å²) in [5.74, 6) is 0.402. The molecule has 2 aliphatic rings. The van der Waals surface area contributed by atoms with Crippen LogP contribution in [0.5, 0.6) is 11.8 Å². The van der Waals surface area contributed by atoms with Crippen LogP contribution in [0.3, 0.4) is 0 Å². The molecule has 1 saturated heterocycles. The summed E-state index contributed by atoms with van der Waals surface area (Å²) < 4.78 is 1.50. The van der Waals surface area contributed by atoms with E-state index in [2.05, 4.69) is 27.0 Å². The highest BCUT2D eigenvalue weighted by Crippen LogP contribution is 2.37. The second-order valence-electron chi connectivity index (χ2n) is 9.32. The third-order valence-electron chi connectivity index (χ3n) is 7.08. The average Bonchev–Trinajstić information content (AvgIpc) is 3.50. The molecule has 9 nitrogen and oxygen atoms in total. The highest BCUT2D eigenvalue weighted by Gasteiger charge is 2.25. The van der Waals surface area contributed by atoms with Gasteiger partial charge >= 0.3 is 6.01 Å². The Hall–Kier alpha value is -3.59. The number of nitrogens with one attached hydrogen (secondary N) is 1. The smallest absolute Gasteiger partial charge is 0.319 e. The Labute approximate surface area is 199 Å². The van der Waals surface area contributed by atoms with Gasteiger partial charge in [-0.15, -0.1) is 5.10 Å². The number of nitrogen functional groups attached to an aromatic ring is 1. The molecule has 0 spiro atoms. The molecule has 2 heterocycles. The van der Waals surface area contributed by atoms with Crippen molar-refractivity contribution < 1.29 is 10.2 Å². The zero-order valence-corrected chi connectivity index (χ0v) is 19.4. The van der Waals surface area contributed by atoms with Gasteiger partial charge in [-0.1, -0.05) is 17.9 Å². The maximum atomic E-state index is 10.7. The number of nitrogens with two attached hydrogens (primary N) is 1. The molecule has 3 aromatic rings. The first kappa shape index (κ1) is 22.2. The Morgan fingerprint density at radius 3 is 2.29 bits per heavy atom. The molecule has 1 saturated carbocycles. The molecule has 0 atom stereocenters. The Morgan fingerprint density at radius 2 is 1.62 bits per heavy atom. The van der Waals surface area contributed by atoms with E-state index in [-0.39, 0.29) is 17.7 Å². The van der Waals surface area contributed by atoms with Crippen LogP contribution in [0.2, 0.25) is 0 Å². The number of phenols is 1. The molecule has 0 radical (unpaired) electrons. The van der Waals surface area contributed by atoms with Crippen molar-refractivity contribution in [2.45, 2.75) is 25.7 Å². The van der Waals surface area contributed by atoms with Gasteiger partial charge in [0.2, 0.25) is 0 Å². The number of hydrogen-bond donors (Lipinski definition) is 4. The molecule has 0 bridgehead atoms. The summed E-state index contributed by atoms with van der Waals surface area (Å²) in [7, 11) is 2.13. The number of rotatable bonds is 5. The van der Waals surface area contributed by atoms with Crippen LogP contribution in [-0.4, -0.2) is 68.8 Å². The number of hydrogen-bond acceptors (Lipinski definition) is 8. The van der Waals surface area contributed by atoms with Gasteiger partial charge in [-0.2, -0.15) is 0 Å². The van der Waals surface area contributed by atoms with E-state index in [0.29, 0.717) is 34.0 Å². The van der Waals surface area contributed by atoms with Crippen LogP contribution >= 0.6 is 0 Å². The maximum Gasteiger partial charge on any atom is 0.319 e. The quantitative estimate of drug-likeness (QED) is 0.339. The maximum absolute atomic E-state index is 10.7. The van der Waals surface area contributed by atoms with Crippen LogP contribution in [0.15, 0.2) is 36.4 Å². The molecule has 178 valence electrons. The van der Waals surface area contributed by atoms with Gasteiger partial charge in [0, 0.05) is 60.8 Å². The minimum atomic E-state index is -0.272. The molecule has 1 aromatic heterocycles. The largest absolute Gasteiger partial charge is 0.507 e. The van der Waals surface area contributed by atoms with Crippen LogP contribution in [0.25, 0.3) is 17.1 Å². The van der Waals surface area contributed by atoms with E-state index in [9.17, 15) is 10.2 Å². The van der Waals surface area contributed by atoms with E-state index in [4.69, 9.17) is 11.1 Å². The third kappa shape index (κ3) is 4.07. The third-order valence-corrected chi connectivity index (χ3v) is 7.08. The number of nitrogens with zero attached hydrogens (tertiary/aromatic N) is 5. The molecule has 1 aliphatic carbocycles. The van der Waals surface area contributed by atoms with E-state index in [1.807, 2.05) is 24.3 Å². The predicted octanol–water partition coefficient (Wildman–Crippen LogP) is 3.24. The lowest BCUT2D eigenvalue weighted by Crippen LogP contribution is -2.44. The number of phenolic OH excluding ortho intramolecular Hbond substituents is 1. The zero-order chi connectivity index (χ0) is 23.8. The minimum Gasteiger partial charge on any atom is -0.507 e. The molecule has 5 N–H and O–H groups in total. The Morgan fingerprint density at radius 1 is 0.971 bits per heavy atom. The van der Waals surface area contributed by atoms with Crippen molar-refractivity contribution in [3.63, 3.8) is 0 Å². The molecule has 0 amide bonds. The normalized spacial score (nSPS) is 17.4. The number of aromatic nitrogens is 3. The van der Waals surface area contributed by atoms with E-state index in [1.165, 1.54) is 10.6 Å². The Bertz CT molecular complexity index is 1190. The van der Waals surface area contributed by atoms with Crippen LogP contribution in [0.1, 0.15) is 31.2 Å². The van der Waals surface area contributed by atoms with Crippen molar-refractivity contribution in [3.05, 3.63) is 42.0 Å². The first-order chi connectivity index (χ1) is 16.4. The van der Waals surface area contributed by atoms with Crippen LogP contribution in [-0.2, 0) is 0 Å². The van der Waals surface area contributed by atoms with Crippen LogP contribution in [0.4, 0.5) is 11.4 Å². The fourth-order valence-corrected chi connectivity index (χ4v) is 5.02. The monoisotopic (exact) mass is 461 g/mol. The van der Waals surface area contributed by atoms with Gasteiger partial charge in [-0.3, -0.25) is 0 Å². The number of benzene rings is 2. The van der Waals surface area contributed by atoms with Crippen molar-refractivity contribution in [2.24, 2.45) is 5.92 Å². The number of piperazine rings is 1. The molecular weight excluding hydrogens is 430 g/mol. The summed E-state index contributed by atoms with van der Waals surface area (Å²) in [4.78, 5) is 4.65. The van der Waals surface area contributed by atoms with Gasteiger partial charge in [0.15, 0.2) is 5.82 Å². The highest BCUT2D eigenvalue weighted by atomic mass is 16.3. The first-order valence-corrected chi connectivity index (χ1v) is 11.8.